The van der Waals surface area contributed by atoms with Gasteiger partial charge in [0, 0.05) is 24.1 Å². The van der Waals surface area contributed by atoms with Crippen LogP contribution in [0.25, 0.3) is 0 Å². The molecular formula is C18H15Cl3N2O4. The van der Waals surface area contributed by atoms with E-state index in [0.717, 1.165) is 5.56 Å². The summed E-state index contributed by atoms with van der Waals surface area (Å²) in [6.45, 7) is 0. The van der Waals surface area contributed by atoms with Gasteiger partial charge in [-0.15, -0.1) is 0 Å². The molecule has 1 atom stereocenters. The van der Waals surface area contributed by atoms with Gasteiger partial charge in [-0.25, -0.2) is 0 Å². The maximum atomic E-state index is 12.6. The van der Waals surface area contributed by atoms with E-state index in [2.05, 4.69) is 10.5 Å². The van der Waals surface area contributed by atoms with Crippen molar-refractivity contribution in [3.63, 3.8) is 0 Å². The van der Waals surface area contributed by atoms with Crippen LogP contribution in [0.5, 0.6) is 11.5 Å². The van der Waals surface area contributed by atoms with Crippen molar-refractivity contribution in [2.24, 2.45) is 5.16 Å². The zero-order valence-electron chi connectivity index (χ0n) is 14.4. The normalized spacial score (nSPS) is 15.7. The summed E-state index contributed by atoms with van der Waals surface area (Å²) in [4.78, 5) is 17.9. The number of nitrogens with one attached hydrogen (secondary N) is 1. The number of anilines is 1. The zero-order chi connectivity index (χ0) is 19.6. The number of halogens is 3. The summed E-state index contributed by atoms with van der Waals surface area (Å²) in [5.74, 6) is 0.433. The molecular weight excluding hydrogens is 415 g/mol. The lowest BCUT2D eigenvalue weighted by atomic mass is 10.0. The molecule has 0 aromatic heterocycles. The van der Waals surface area contributed by atoms with Gasteiger partial charge >= 0.3 is 0 Å². The highest BCUT2D eigenvalue weighted by molar-refractivity contribution is 6.42. The smallest absolute Gasteiger partial charge is 0.268 e. The maximum Gasteiger partial charge on any atom is 0.268 e. The molecule has 1 aliphatic rings. The van der Waals surface area contributed by atoms with Crippen LogP contribution in [-0.4, -0.2) is 31.9 Å². The number of rotatable bonds is 5. The van der Waals surface area contributed by atoms with Gasteiger partial charge in [-0.3, -0.25) is 4.79 Å². The van der Waals surface area contributed by atoms with E-state index < -0.39 is 6.10 Å². The molecule has 9 heteroatoms. The van der Waals surface area contributed by atoms with Crippen LogP contribution in [0.2, 0.25) is 15.1 Å². The zero-order valence-corrected chi connectivity index (χ0v) is 16.7. The second-order valence-electron chi connectivity index (χ2n) is 5.64. The predicted molar refractivity (Wildman–Crippen MR) is 106 cm³/mol. The SMILES string of the molecule is COc1cc(NC(=O)[C@@H]2CC(c3ccc(Cl)c(Cl)c3)=NO2)c(OC)cc1Cl. The number of carbonyl (C=O) groups excluding carboxylic acids is 1. The molecule has 3 rings (SSSR count). The molecule has 1 aliphatic heterocycles. The molecule has 1 amide bonds. The lowest BCUT2D eigenvalue weighted by Crippen LogP contribution is -2.28. The van der Waals surface area contributed by atoms with Crippen molar-refractivity contribution >= 4 is 52.1 Å². The molecule has 0 bridgehead atoms. The van der Waals surface area contributed by atoms with Gasteiger partial charge < -0.3 is 19.6 Å². The molecule has 6 nitrogen and oxygen atoms in total. The lowest BCUT2D eigenvalue weighted by Gasteiger charge is -2.14. The van der Waals surface area contributed by atoms with Crippen LogP contribution >= 0.6 is 34.8 Å². The first-order valence-corrected chi connectivity index (χ1v) is 8.96. The highest BCUT2D eigenvalue weighted by Crippen LogP contribution is 2.36. The Hall–Kier alpha value is -2.15. The van der Waals surface area contributed by atoms with Crippen LogP contribution in [0, 0.1) is 0 Å². The van der Waals surface area contributed by atoms with Crippen molar-refractivity contribution in [2.75, 3.05) is 19.5 Å². The summed E-state index contributed by atoms with van der Waals surface area (Å²) in [6, 6.07) is 8.25. The van der Waals surface area contributed by atoms with Gasteiger partial charge in [0.2, 0.25) is 6.10 Å². The number of ether oxygens (including phenoxy) is 2. The standard InChI is InChI=1S/C18H15Cl3N2O4/c1-25-15-8-14(16(26-2)6-12(15)21)22-18(24)17-7-13(23-27-17)9-3-4-10(19)11(20)5-9/h3-6,8,17H,7H2,1-2H3,(H,22,24)/t17-/m0/s1. The third-order valence-corrected chi connectivity index (χ3v) is 4.98. The number of amides is 1. The van der Waals surface area contributed by atoms with E-state index in [0.29, 0.717) is 38.0 Å². The number of carbonyl (C=O) groups is 1. The van der Waals surface area contributed by atoms with Crippen molar-refractivity contribution in [3.8, 4) is 11.5 Å². The fraction of sp³-hybridized carbons (Fsp3) is 0.222. The van der Waals surface area contributed by atoms with Crippen molar-refractivity contribution in [1.82, 2.24) is 0 Å². The van der Waals surface area contributed by atoms with Crippen molar-refractivity contribution in [1.29, 1.82) is 0 Å². The predicted octanol–water partition coefficient (Wildman–Crippen LogP) is 4.80. The highest BCUT2D eigenvalue weighted by atomic mass is 35.5. The van der Waals surface area contributed by atoms with E-state index in [4.69, 9.17) is 49.1 Å². The quantitative estimate of drug-likeness (QED) is 0.741. The minimum atomic E-state index is -0.791. The Balaban J connectivity index is 1.72. The van der Waals surface area contributed by atoms with E-state index in [-0.39, 0.29) is 12.3 Å². The Kier molecular flexibility index (Phi) is 5.99. The number of hydrogen-bond acceptors (Lipinski definition) is 5. The Morgan fingerprint density at radius 3 is 2.48 bits per heavy atom. The van der Waals surface area contributed by atoms with Crippen LogP contribution in [0.1, 0.15) is 12.0 Å². The van der Waals surface area contributed by atoms with Gasteiger partial charge in [0.15, 0.2) is 0 Å². The van der Waals surface area contributed by atoms with Gasteiger partial charge in [0.1, 0.15) is 11.5 Å². The number of oxime groups is 1. The van der Waals surface area contributed by atoms with Crippen LogP contribution in [0.3, 0.4) is 0 Å². The first-order valence-electron chi connectivity index (χ1n) is 7.83. The number of nitrogens with zero attached hydrogens (tertiary/aromatic N) is 1. The largest absolute Gasteiger partial charge is 0.495 e. The third kappa shape index (κ3) is 4.24. The first kappa shape index (κ1) is 19.6. The number of benzene rings is 2. The molecule has 142 valence electrons. The van der Waals surface area contributed by atoms with Crippen LogP contribution in [0.15, 0.2) is 35.5 Å². The summed E-state index contributed by atoms with van der Waals surface area (Å²) in [7, 11) is 2.96. The Bertz CT molecular complexity index is 918. The maximum absolute atomic E-state index is 12.6. The fourth-order valence-electron chi connectivity index (χ4n) is 2.54. The van der Waals surface area contributed by atoms with E-state index in [1.807, 2.05) is 0 Å². The fourth-order valence-corrected chi connectivity index (χ4v) is 3.06. The van der Waals surface area contributed by atoms with E-state index in [1.54, 1.807) is 30.3 Å². The summed E-state index contributed by atoms with van der Waals surface area (Å²) < 4.78 is 10.4. The Morgan fingerprint density at radius 1 is 1.07 bits per heavy atom. The van der Waals surface area contributed by atoms with Crippen LogP contribution < -0.4 is 14.8 Å². The monoisotopic (exact) mass is 428 g/mol. The van der Waals surface area contributed by atoms with Gasteiger partial charge in [-0.05, 0) is 12.1 Å². The van der Waals surface area contributed by atoms with E-state index >= 15 is 0 Å². The molecule has 1 heterocycles. The van der Waals surface area contributed by atoms with E-state index in [9.17, 15) is 4.79 Å². The van der Waals surface area contributed by atoms with E-state index in [1.165, 1.54) is 14.2 Å². The Morgan fingerprint density at radius 2 is 1.81 bits per heavy atom. The van der Waals surface area contributed by atoms with Crippen LogP contribution in [-0.2, 0) is 9.63 Å². The summed E-state index contributed by atoms with van der Waals surface area (Å²) in [5, 5.41) is 7.96. The summed E-state index contributed by atoms with van der Waals surface area (Å²) in [6.07, 6.45) is -0.502. The molecule has 0 unspecified atom stereocenters. The van der Waals surface area contributed by atoms with Crippen molar-refractivity contribution < 1.29 is 19.1 Å². The van der Waals surface area contributed by atoms with Crippen molar-refractivity contribution in [3.05, 3.63) is 51.0 Å². The molecule has 27 heavy (non-hydrogen) atoms. The molecule has 0 aliphatic carbocycles. The average Bonchev–Trinajstić information content (AvgIpc) is 3.15. The minimum Gasteiger partial charge on any atom is -0.495 e. The molecule has 0 saturated carbocycles. The second-order valence-corrected chi connectivity index (χ2v) is 6.86. The topological polar surface area (TPSA) is 69.2 Å². The van der Waals surface area contributed by atoms with Crippen molar-refractivity contribution in [2.45, 2.75) is 12.5 Å². The second kappa shape index (κ2) is 8.25. The van der Waals surface area contributed by atoms with Gasteiger partial charge in [0.25, 0.3) is 5.91 Å². The van der Waals surface area contributed by atoms with Gasteiger partial charge in [0.05, 0.1) is 40.7 Å². The summed E-state index contributed by atoms with van der Waals surface area (Å²) in [5.41, 5.74) is 1.76. The highest BCUT2D eigenvalue weighted by Gasteiger charge is 2.30. The third-order valence-electron chi connectivity index (χ3n) is 3.95. The molecule has 0 radical (unpaired) electrons. The number of methoxy groups -OCH3 is 2. The molecule has 2 aromatic carbocycles. The average molecular weight is 430 g/mol. The molecule has 1 N–H and O–H groups in total. The molecule has 0 fully saturated rings. The van der Waals surface area contributed by atoms with Crippen LogP contribution in [0.4, 0.5) is 5.69 Å². The molecule has 0 spiro atoms. The first-order chi connectivity index (χ1) is 12.9. The lowest BCUT2D eigenvalue weighted by molar-refractivity contribution is -0.125. The summed E-state index contributed by atoms with van der Waals surface area (Å²) >= 11 is 18.0. The number of hydrogen-bond donors (Lipinski definition) is 1. The molecule has 2 aromatic rings. The molecule has 0 saturated heterocycles. The van der Waals surface area contributed by atoms with Gasteiger partial charge in [-0.2, -0.15) is 0 Å². The minimum absolute atomic E-state index is 0.289. The Labute approximate surface area is 170 Å². The van der Waals surface area contributed by atoms with Gasteiger partial charge in [-0.1, -0.05) is 46.0 Å².